The summed E-state index contributed by atoms with van der Waals surface area (Å²) in [7, 11) is 1.64. The molecule has 4 rings (SSSR count). The van der Waals surface area contributed by atoms with E-state index < -0.39 is 25.6 Å². The minimum Gasteiger partial charge on any atom is -0.402 e. The van der Waals surface area contributed by atoms with Crippen molar-refractivity contribution in [1.82, 2.24) is 24.6 Å². The highest BCUT2D eigenvalue weighted by molar-refractivity contribution is 6.69. The third kappa shape index (κ3) is 5.79. The lowest BCUT2D eigenvalue weighted by Crippen LogP contribution is -2.37. The first-order valence-corrected chi connectivity index (χ1v) is 15.3. The van der Waals surface area contributed by atoms with Crippen molar-refractivity contribution in [3.05, 3.63) is 59.3 Å². The highest BCUT2D eigenvalue weighted by Crippen LogP contribution is 2.29. The molecule has 0 aliphatic rings. The van der Waals surface area contributed by atoms with Crippen LogP contribution in [-0.4, -0.2) is 51.5 Å². The van der Waals surface area contributed by atoms with Gasteiger partial charge in [-0.05, 0) is 51.7 Å². The SMILES string of the molecule is CN(Cc1ccc(C#CC(C)(C)O[Si](C)(C)C)cn1)C(=O)c1cc2c(cc1F)nc(N)c1cnn(C)c12. The van der Waals surface area contributed by atoms with E-state index in [0.717, 1.165) is 5.56 Å². The third-order valence-electron chi connectivity index (χ3n) is 5.67. The number of carbonyl (C=O) groups excluding carboxylic acids is 1. The van der Waals surface area contributed by atoms with Gasteiger partial charge in [-0.1, -0.05) is 11.8 Å². The van der Waals surface area contributed by atoms with Crippen LogP contribution in [0.4, 0.5) is 10.2 Å². The number of amides is 1. The molecular weight excluding hydrogens is 487 g/mol. The van der Waals surface area contributed by atoms with Crippen LogP contribution in [0.3, 0.4) is 0 Å². The highest BCUT2D eigenvalue weighted by atomic mass is 28.4. The second kappa shape index (κ2) is 9.57. The molecule has 8 nitrogen and oxygen atoms in total. The molecule has 0 bridgehead atoms. The van der Waals surface area contributed by atoms with E-state index in [4.69, 9.17) is 10.2 Å². The summed E-state index contributed by atoms with van der Waals surface area (Å²) in [5.41, 5.74) is 7.86. The Morgan fingerprint density at radius 3 is 2.59 bits per heavy atom. The number of pyridine rings is 2. The van der Waals surface area contributed by atoms with Gasteiger partial charge in [0.25, 0.3) is 5.91 Å². The van der Waals surface area contributed by atoms with Crippen molar-refractivity contribution in [3.63, 3.8) is 0 Å². The minimum atomic E-state index is -1.73. The molecule has 0 aliphatic heterocycles. The quantitative estimate of drug-likeness (QED) is 0.309. The number of rotatable bonds is 5. The monoisotopic (exact) mass is 518 g/mol. The molecule has 0 aliphatic carbocycles. The Hall–Kier alpha value is -3.81. The second-order valence-electron chi connectivity index (χ2n) is 10.6. The number of fused-ring (bicyclic) bond motifs is 3. The number of carbonyl (C=O) groups is 1. The van der Waals surface area contributed by atoms with Crippen LogP contribution >= 0.6 is 0 Å². The highest BCUT2D eigenvalue weighted by Gasteiger charge is 2.25. The lowest BCUT2D eigenvalue weighted by molar-refractivity contribution is 0.0779. The van der Waals surface area contributed by atoms with Crippen molar-refractivity contribution in [3.8, 4) is 11.8 Å². The Labute approximate surface area is 216 Å². The topological polar surface area (TPSA) is 99.2 Å². The largest absolute Gasteiger partial charge is 0.402 e. The molecule has 0 fully saturated rings. The minimum absolute atomic E-state index is 0.0591. The first-order valence-electron chi connectivity index (χ1n) is 11.9. The molecule has 0 saturated carbocycles. The number of halogens is 1. The van der Waals surface area contributed by atoms with Crippen molar-refractivity contribution < 1.29 is 13.6 Å². The first kappa shape index (κ1) is 26.3. The van der Waals surface area contributed by atoms with E-state index in [2.05, 4.69) is 46.5 Å². The summed E-state index contributed by atoms with van der Waals surface area (Å²) in [5.74, 6) is 5.41. The van der Waals surface area contributed by atoms with Crippen molar-refractivity contribution in [2.24, 2.45) is 7.05 Å². The van der Waals surface area contributed by atoms with Gasteiger partial charge in [0.05, 0.1) is 40.4 Å². The van der Waals surface area contributed by atoms with Gasteiger partial charge in [0.1, 0.15) is 17.2 Å². The van der Waals surface area contributed by atoms with Crippen molar-refractivity contribution in [2.75, 3.05) is 12.8 Å². The summed E-state index contributed by atoms with van der Waals surface area (Å²) in [4.78, 5) is 23.3. The smallest absolute Gasteiger partial charge is 0.256 e. The first-order chi connectivity index (χ1) is 17.2. The lowest BCUT2D eigenvalue weighted by atomic mass is 10.1. The van der Waals surface area contributed by atoms with Crippen LogP contribution in [0.5, 0.6) is 0 Å². The van der Waals surface area contributed by atoms with Gasteiger partial charge in [-0.25, -0.2) is 9.37 Å². The number of benzene rings is 1. The fraction of sp³-hybridized carbons (Fsp3) is 0.333. The van der Waals surface area contributed by atoms with Crippen LogP contribution in [0.15, 0.2) is 36.7 Å². The molecule has 2 N–H and O–H groups in total. The van der Waals surface area contributed by atoms with Crippen LogP contribution in [0.1, 0.15) is 35.5 Å². The fourth-order valence-electron chi connectivity index (χ4n) is 4.27. The maximum atomic E-state index is 15.0. The fourth-order valence-corrected chi connectivity index (χ4v) is 5.85. The van der Waals surface area contributed by atoms with E-state index in [1.165, 1.54) is 17.0 Å². The molecule has 4 aromatic rings. The molecule has 10 heteroatoms. The Bertz CT molecular complexity index is 1560. The normalized spacial score (nSPS) is 12.0. The number of aromatic nitrogens is 4. The maximum Gasteiger partial charge on any atom is 0.256 e. The van der Waals surface area contributed by atoms with Crippen LogP contribution in [0.25, 0.3) is 21.8 Å². The van der Waals surface area contributed by atoms with Crippen molar-refractivity contribution >= 4 is 41.8 Å². The average molecular weight is 519 g/mol. The third-order valence-corrected chi connectivity index (χ3v) is 6.79. The number of hydrogen-bond donors (Lipinski definition) is 1. The predicted octanol–water partition coefficient (Wildman–Crippen LogP) is 4.49. The molecule has 192 valence electrons. The van der Waals surface area contributed by atoms with Gasteiger partial charge < -0.3 is 15.1 Å². The van der Waals surface area contributed by atoms with Gasteiger partial charge in [-0.15, -0.1) is 0 Å². The van der Waals surface area contributed by atoms with Gasteiger partial charge in [0, 0.05) is 37.3 Å². The Morgan fingerprint density at radius 2 is 1.95 bits per heavy atom. The zero-order valence-electron chi connectivity index (χ0n) is 22.2. The van der Waals surface area contributed by atoms with Crippen LogP contribution in [-0.2, 0) is 18.0 Å². The summed E-state index contributed by atoms with van der Waals surface area (Å²) in [6.45, 7) is 10.5. The number of nitrogen functional groups attached to an aromatic ring is 1. The lowest BCUT2D eigenvalue weighted by Gasteiger charge is -2.28. The van der Waals surface area contributed by atoms with Gasteiger partial charge in [0.15, 0.2) is 8.32 Å². The zero-order valence-corrected chi connectivity index (χ0v) is 23.2. The molecule has 0 atom stereocenters. The molecule has 1 aromatic carbocycles. The zero-order chi connectivity index (χ0) is 27.1. The van der Waals surface area contributed by atoms with Gasteiger partial charge >= 0.3 is 0 Å². The summed E-state index contributed by atoms with van der Waals surface area (Å²) in [6.07, 6.45) is 3.27. The summed E-state index contributed by atoms with van der Waals surface area (Å²) >= 11 is 0. The molecule has 3 aromatic heterocycles. The predicted molar refractivity (Wildman–Crippen MR) is 146 cm³/mol. The standard InChI is InChI=1S/C27H31FN6O2Si/c1-27(2,36-37(5,6)7)11-10-17-8-9-18(30-14-17)16-33(3)26(35)19-12-20-23(13-22(19)28)32-25(29)21-15-31-34(4)24(20)21/h8-9,12-15H,16H2,1-7H3,(H2,29,32). The Kier molecular flexibility index (Phi) is 6.79. The van der Waals surface area contributed by atoms with Gasteiger partial charge in [0.2, 0.25) is 0 Å². The van der Waals surface area contributed by atoms with Gasteiger partial charge in [-0.3, -0.25) is 14.5 Å². The maximum absolute atomic E-state index is 15.0. The van der Waals surface area contributed by atoms with E-state index in [0.29, 0.717) is 27.5 Å². The number of aryl methyl sites for hydroxylation is 1. The molecule has 1 amide bonds. The Balaban J connectivity index is 1.54. The van der Waals surface area contributed by atoms with Crippen molar-refractivity contribution in [2.45, 2.75) is 45.6 Å². The van der Waals surface area contributed by atoms with E-state index in [1.54, 1.807) is 31.2 Å². The van der Waals surface area contributed by atoms with Crippen molar-refractivity contribution in [1.29, 1.82) is 0 Å². The molecule has 0 radical (unpaired) electrons. The van der Waals surface area contributed by atoms with Crippen LogP contribution < -0.4 is 5.73 Å². The molecule has 0 unspecified atom stereocenters. The van der Waals surface area contributed by atoms with E-state index in [1.807, 2.05) is 26.0 Å². The van der Waals surface area contributed by atoms with Crippen LogP contribution in [0, 0.1) is 17.7 Å². The number of anilines is 1. The van der Waals surface area contributed by atoms with E-state index >= 15 is 0 Å². The molecule has 37 heavy (non-hydrogen) atoms. The van der Waals surface area contributed by atoms with E-state index in [-0.39, 0.29) is 17.9 Å². The molecular formula is C27H31FN6O2Si. The van der Waals surface area contributed by atoms with E-state index in [9.17, 15) is 9.18 Å². The summed E-state index contributed by atoms with van der Waals surface area (Å²) in [6, 6.07) is 6.40. The number of nitrogens with zero attached hydrogens (tertiary/aromatic N) is 5. The molecule has 0 saturated heterocycles. The Morgan fingerprint density at radius 1 is 1.22 bits per heavy atom. The van der Waals surface area contributed by atoms with Gasteiger partial charge in [-0.2, -0.15) is 5.10 Å². The summed E-state index contributed by atoms with van der Waals surface area (Å²) in [5, 5.41) is 5.48. The van der Waals surface area contributed by atoms with Crippen LogP contribution in [0.2, 0.25) is 19.6 Å². The molecule has 0 spiro atoms. The second-order valence-corrected chi connectivity index (χ2v) is 15.0. The number of nitrogens with two attached hydrogens (primary N) is 1. The molecule has 3 heterocycles. The average Bonchev–Trinajstić information content (AvgIpc) is 3.19. The number of hydrogen-bond acceptors (Lipinski definition) is 6. The summed E-state index contributed by atoms with van der Waals surface area (Å²) < 4.78 is 22.7.